The molecule has 4 N–H and O–H groups in total. The van der Waals surface area contributed by atoms with Gasteiger partial charge in [0.25, 0.3) is 0 Å². The highest BCUT2D eigenvalue weighted by Crippen LogP contribution is 2.45. The minimum atomic E-state index is -0.776. The van der Waals surface area contributed by atoms with Crippen molar-refractivity contribution >= 4 is 17.0 Å². The van der Waals surface area contributed by atoms with Gasteiger partial charge in [0, 0.05) is 6.42 Å². The molecule has 9 nitrogen and oxygen atoms in total. The maximum Gasteiger partial charge on any atom is 0.167 e. The molecule has 0 amide bonds. The number of ether oxygens (including phenoxy) is 1. The molecule has 6 rings (SSSR count). The topological polar surface area (TPSA) is 126 Å². The Kier molecular flexibility index (Phi) is 4.84. The minimum absolute atomic E-state index is 0.257. The van der Waals surface area contributed by atoms with Crippen LogP contribution in [0.4, 0.5) is 5.82 Å². The zero-order valence-corrected chi connectivity index (χ0v) is 17.6. The molecule has 2 aliphatic rings. The molecule has 2 aromatic heterocycles. The molecule has 33 heavy (non-hydrogen) atoms. The van der Waals surface area contributed by atoms with Crippen LogP contribution in [0.25, 0.3) is 22.3 Å². The Labute approximate surface area is 189 Å². The van der Waals surface area contributed by atoms with Crippen molar-refractivity contribution in [3.05, 3.63) is 72.3 Å². The number of nitrogens with one attached hydrogen (secondary N) is 1. The average molecular weight is 445 g/mol. The van der Waals surface area contributed by atoms with Gasteiger partial charge in [-0.3, -0.25) is 4.57 Å². The van der Waals surface area contributed by atoms with E-state index in [-0.39, 0.29) is 6.61 Å². The molecule has 1 saturated heterocycles. The Bertz CT molecular complexity index is 1330. The third-order valence-corrected chi connectivity index (χ3v) is 6.53. The lowest BCUT2D eigenvalue weighted by Gasteiger charge is -2.33. The first-order chi connectivity index (χ1) is 16.2. The summed E-state index contributed by atoms with van der Waals surface area (Å²) in [5.41, 5.74) is 4.99. The summed E-state index contributed by atoms with van der Waals surface area (Å²) in [4.78, 5) is 13.3. The van der Waals surface area contributed by atoms with E-state index < -0.39 is 30.6 Å². The first-order valence-corrected chi connectivity index (χ1v) is 10.9. The summed E-state index contributed by atoms with van der Waals surface area (Å²) < 4.78 is 7.51. The maximum absolute atomic E-state index is 11.3. The lowest BCUT2D eigenvalue weighted by Crippen LogP contribution is -2.24. The van der Waals surface area contributed by atoms with Crippen LogP contribution in [0.3, 0.4) is 0 Å². The van der Waals surface area contributed by atoms with Crippen molar-refractivity contribution in [3.8, 4) is 11.1 Å². The Morgan fingerprint density at radius 3 is 2.45 bits per heavy atom. The number of anilines is 1. The second kappa shape index (κ2) is 7.89. The highest BCUT2D eigenvalue weighted by molar-refractivity contribution is 5.84. The van der Waals surface area contributed by atoms with E-state index in [2.05, 4.69) is 26.3 Å². The number of fused-ring (bicyclic) bond motifs is 4. The molecule has 0 unspecified atom stereocenters. The summed E-state index contributed by atoms with van der Waals surface area (Å²) in [6.45, 7) is -0.257. The Hall–Kier alpha value is -3.37. The zero-order chi connectivity index (χ0) is 22.5. The van der Waals surface area contributed by atoms with Crippen LogP contribution in [0.5, 0.6) is 0 Å². The van der Waals surface area contributed by atoms with Gasteiger partial charge in [-0.15, -0.1) is 0 Å². The average Bonchev–Trinajstić information content (AvgIpc) is 3.45. The van der Waals surface area contributed by atoms with Crippen molar-refractivity contribution < 1.29 is 20.1 Å². The van der Waals surface area contributed by atoms with E-state index in [1.54, 1.807) is 10.9 Å². The molecule has 2 aromatic carbocycles. The second-order valence-electron chi connectivity index (χ2n) is 8.40. The summed E-state index contributed by atoms with van der Waals surface area (Å²) >= 11 is 0. The summed E-state index contributed by atoms with van der Waals surface area (Å²) in [5.74, 6) is 0.495. The standard InChI is InChI=1S/C24H23N5O4/c30-10-18-17(31)9-19(33-18)29-12-27-21-23(25-11-26-24(21)29)28-20-15-7-3-1-5-13(15)14-6-2-4-8-16(14)22(20)32/h1-8,11-12,17-20,22,30-32H,9-10H2,(H,25,26,28)/t17-,18+,19+,20+,22+/m0/s1. The van der Waals surface area contributed by atoms with Crippen LogP contribution >= 0.6 is 0 Å². The van der Waals surface area contributed by atoms with Gasteiger partial charge in [0.1, 0.15) is 24.8 Å². The van der Waals surface area contributed by atoms with Gasteiger partial charge in [-0.25, -0.2) is 15.0 Å². The van der Waals surface area contributed by atoms with E-state index in [1.165, 1.54) is 6.33 Å². The fraction of sp³-hybridized carbons (Fsp3) is 0.292. The molecular formula is C24H23N5O4. The number of nitrogens with zero attached hydrogens (tertiary/aromatic N) is 4. The predicted octanol–water partition coefficient (Wildman–Crippen LogP) is 2.33. The van der Waals surface area contributed by atoms with Crippen LogP contribution in [0.2, 0.25) is 0 Å². The number of aliphatic hydroxyl groups is 3. The number of imidazole rings is 1. The molecule has 0 spiro atoms. The van der Waals surface area contributed by atoms with E-state index >= 15 is 0 Å². The molecule has 1 aliphatic carbocycles. The molecule has 0 radical (unpaired) electrons. The zero-order valence-electron chi connectivity index (χ0n) is 17.6. The predicted molar refractivity (Wildman–Crippen MR) is 120 cm³/mol. The van der Waals surface area contributed by atoms with Gasteiger partial charge in [-0.1, -0.05) is 48.5 Å². The van der Waals surface area contributed by atoms with Crippen LogP contribution in [0.15, 0.2) is 61.2 Å². The van der Waals surface area contributed by atoms with Gasteiger partial charge in [-0.05, 0) is 22.3 Å². The smallest absolute Gasteiger partial charge is 0.167 e. The second-order valence-corrected chi connectivity index (χ2v) is 8.40. The van der Waals surface area contributed by atoms with Crippen LogP contribution in [-0.2, 0) is 4.74 Å². The van der Waals surface area contributed by atoms with Crippen molar-refractivity contribution in [2.24, 2.45) is 0 Å². The largest absolute Gasteiger partial charge is 0.394 e. The summed E-state index contributed by atoms with van der Waals surface area (Å²) in [6, 6.07) is 15.4. The number of hydrogen-bond acceptors (Lipinski definition) is 8. The normalized spacial score (nSPS) is 26.2. The van der Waals surface area contributed by atoms with E-state index in [9.17, 15) is 15.3 Å². The Morgan fingerprint density at radius 1 is 0.970 bits per heavy atom. The molecule has 5 atom stereocenters. The van der Waals surface area contributed by atoms with Gasteiger partial charge in [0.15, 0.2) is 17.0 Å². The molecule has 1 fully saturated rings. The Morgan fingerprint density at radius 2 is 1.70 bits per heavy atom. The lowest BCUT2D eigenvalue weighted by molar-refractivity contribution is -0.0432. The first kappa shape index (κ1) is 20.3. The van der Waals surface area contributed by atoms with Crippen molar-refractivity contribution in [3.63, 3.8) is 0 Å². The van der Waals surface area contributed by atoms with Gasteiger partial charge < -0.3 is 25.4 Å². The van der Waals surface area contributed by atoms with Gasteiger partial charge in [0.05, 0.1) is 25.1 Å². The molecular weight excluding hydrogens is 422 g/mol. The molecule has 0 bridgehead atoms. The first-order valence-electron chi connectivity index (χ1n) is 10.9. The van der Waals surface area contributed by atoms with E-state index in [4.69, 9.17) is 4.74 Å². The van der Waals surface area contributed by atoms with Crippen molar-refractivity contribution in [2.75, 3.05) is 11.9 Å². The van der Waals surface area contributed by atoms with E-state index in [1.807, 2.05) is 42.5 Å². The highest BCUT2D eigenvalue weighted by Gasteiger charge is 2.36. The van der Waals surface area contributed by atoms with E-state index in [0.29, 0.717) is 23.4 Å². The molecule has 9 heteroatoms. The SMILES string of the molecule is OC[C@H]1O[C@@H](n2cnc3c(N[C@@H]4c5ccccc5-c5ccccc5[C@H]4O)ncnc32)C[C@@H]1O. The van der Waals surface area contributed by atoms with Crippen LogP contribution in [0, 0.1) is 0 Å². The molecule has 3 heterocycles. The number of hydrogen-bond donors (Lipinski definition) is 4. The van der Waals surface area contributed by atoms with E-state index in [0.717, 1.165) is 22.3 Å². The summed E-state index contributed by atoms with van der Waals surface area (Å²) in [6.07, 6.45) is 0.704. The van der Waals surface area contributed by atoms with Crippen LogP contribution in [-0.4, -0.2) is 53.7 Å². The third kappa shape index (κ3) is 3.20. The lowest BCUT2D eigenvalue weighted by atomic mass is 9.80. The third-order valence-electron chi connectivity index (χ3n) is 6.53. The van der Waals surface area contributed by atoms with Crippen molar-refractivity contribution in [1.82, 2.24) is 19.5 Å². The fourth-order valence-electron chi connectivity index (χ4n) is 4.89. The highest BCUT2D eigenvalue weighted by atomic mass is 16.5. The number of rotatable bonds is 4. The van der Waals surface area contributed by atoms with Crippen LogP contribution < -0.4 is 5.32 Å². The van der Waals surface area contributed by atoms with Crippen LogP contribution in [0.1, 0.15) is 35.9 Å². The molecule has 4 aromatic rings. The summed E-state index contributed by atoms with van der Waals surface area (Å²) in [5, 5.41) is 34.2. The molecule has 168 valence electrons. The Balaban J connectivity index is 1.38. The quantitative estimate of drug-likeness (QED) is 0.377. The fourth-order valence-corrected chi connectivity index (χ4v) is 4.89. The maximum atomic E-state index is 11.3. The molecule has 0 saturated carbocycles. The monoisotopic (exact) mass is 445 g/mol. The summed E-state index contributed by atoms with van der Waals surface area (Å²) in [7, 11) is 0. The molecule has 1 aliphatic heterocycles. The van der Waals surface area contributed by atoms with Gasteiger partial charge >= 0.3 is 0 Å². The number of aromatic nitrogens is 4. The van der Waals surface area contributed by atoms with Crippen molar-refractivity contribution in [2.45, 2.75) is 37.0 Å². The minimum Gasteiger partial charge on any atom is -0.394 e. The number of benzene rings is 2. The number of aliphatic hydroxyl groups excluding tert-OH is 3. The van der Waals surface area contributed by atoms with Gasteiger partial charge in [0.2, 0.25) is 0 Å². The van der Waals surface area contributed by atoms with Gasteiger partial charge in [-0.2, -0.15) is 0 Å². The van der Waals surface area contributed by atoms with Crippen molar-refractivity contribution in [1.29, 1.82) is 0 Å².